The van der Waals surface area contributed by atoms with Crippen LogP contribution in [0.4, 0.5) is 5.69 Å². The summed E-state index contributed by atoms with van der Waals surface area (Å²) in [6.45, 7) is 1.54. The zero-order valence-electron chi connectivity index (χ0n) is 11.6. The fraction of sp³-hybridized carbons (Fsp3) is 0.133. The van der Waals surface area contributed by atoms with E-state index in [9.17, 15) is 14.7 Å². The molecular formula is C15H14N2O4. The van der Waals surface area contributed by atoms with Crippen molar-refractivity contribution in [3.8, 4) is 5.75 Å². The second-order valence-electron chi connectivity index (χ2n) is 4.52. The first-order valence-corrected chi connectivity index (χ1v) is 6.18. The number of aromatic hydroxyl groups is 1. The molecule has 0 fully saturated rings. The second-order valence-corrected chi connectivity index (χ2v) is 4.52. The number of benzene rings is 1. The summed E-state index contributed by atoms with van der Waals surface area (Å²) in [5, 5.41) is 18.2. The maximum atomic E-state index is 12.3. The van der Waals surface area contributed by atoms with Gasteiger partial charge in [-0.25, -0.2) is 9.78 Å². The Bertz CT molecular complexity index is 695. The average Bonchev–Trinajstić information content (AvgIpc) is 2.46. The van der Waals surface area contributed by atoms with Gasteiger partial charge in [-0.05, 0) is 43.3 Å². The van der Waals surface area contributed by atoms with E-state index in [2.05, 4.69) is 4.98 Å². The molecule has 6 nitrogen and oxygen atoms in total. The van der Waals surface area contributed by atoms with E-state index in [-0.39, 0.29) is 28.6 Å². The SMILES string of the molecule is Cc1nc(C(=O)N(C)c2ccc(O)cc2)ccc1C(=O)O. The number of aromatic carboxylic acids is 1. The van der Waals surface area contributed by atoms with E-state index in [4.69, 9.17) is 5.11 Å². The van der Waals surface area contributed by atoms with Gasteiger partial charge >= 0.3 is 5.97 Å². The summed E-state index contributed by atoms with van der Waals surface area (Å²) in [6, 6.07) is 8.91. The molecule has 108 valence electrons. The van der Waals surface area contributed by atoms with E-state index in [1.165, 1.54) is 29.2 Å². The monoisotopic (exact) mass is 286 g/mol. The van der Waals surface area contributed by atoms with Crippen molar-refractivity contribution >= 4 is 17.6 Å². The Kier molecular flexibility index (Phi) is 3.89. The van der Waals surface area contributed by atoms with Gasteiger partial charge in [0.1, 0.15) is 11.4 Å². The van der Waals surface area contributed by atoms with Crippen LogP contribution in [-0.4, -0.2) is 34.1 Å². The van der Waals surface area contributed by atoms with Crippen LogP contribution in [0.2, 0.25) is 0 Å². The summed E-state index contributed by atoms with van der Waals surface area (Å²) < 4.78 is 0. The molecular weight excluding hydrogens is 272 g/mol. The predicted molar refractivity (Wildman–Crippen MR) is 76.8 cm³/mol. The normalized spacial score (nSPS) is 10.2. The highest BCUT2D eigenvalue weighted by atomic mass is 16.4. The Hall–Kier alpha value is -2.89. The molecule has 0 aliphatic carbocycles. The third-order valence-corrected chi connectivity index (χ3v) is 3.08. The molecule has 0 aliphatic rings. The minimum absolute atomic E-state index is 0.0684. The zero-order valence-corrected chi connectivity index (χ0v) is 11.6. The second kappa shape index (κ2) is 5.62. The standard InChI is InChI=1S/C15H14N2O4/c1-9-12(15(20)21)7-8-13(16-9)14(19)17(2)10-3-5-11(18)6-4-10/h3-8,18H,1-2H3,(H,20,21). The first-order valence-electron chi connectivity index (χ1n) is 6.18. The number of hydrogen-bond acceptors (Lipinski definition) is 4. The quantitative estimate of drug-likeness (QED) is 0.901. The summed E-state index contributed by atoms with van der Waals surface area (Å²) in [7, 11) is 1.58. The van der Waals surface area contributed by atoms with E-state index in [1.54, 1.807) is 26.1 Å². The van der Waals surface area contributed by atoms with Gasteiger partial charge in [-0.15, -0.1) is 0 Å². The van der Waals surface area contributed by atoms with Crippen molar-refractivity contribution < 1.29 is 19.8 Å². The van der Waals surface area contributed by atoms with Gasteiger partial charge in [0.15, 0.2) is 0 Å². The van der Waals surface area contributed by atoms with Crippen LogP contribution in [0.25, 0.3) is 0 Å². The number of rotatable bonds is 3. The number of phenolic OH excluding ortho intramolecular Hbond substituents is 1. The van der Waals surface area contributed by atoms with Crippen molar-refractivity contribution in [2.45, 2.75) is 6.92 Å². The van der Waals surface area contributed by atoms with E-state index in [0.29, 0.717) is 5.69 Å². The molecule has 21 heavy (non-hydrogen) atoms. The van der Waals surface area contributed by atoms with Crippen molar-refractivity contribution in [1.29, 1.82) is 0 Å². The number of amides is 1. The summed E-state index contributed by atoms with van der Waals surface area (Å²) >= 11 is 0. The Labute approximate surface area is 121 Å². The van der Waals surface area contributed by atoms with Crippen LogP contribution in [0.3, 0.4) is 0 Å². The number of carboxylic acid groups (broad SMARTS) is 1. The van der Waals surface area contributed by atoms with E-state index < -0.39 is 5.97 Å². The van der Waals surface area contributed by atoms with Crippen molar-refractivity contribution in [2.75, 3.05) is 11.9 Å². The maximum Gasteiger partial charge on any atom is 0.337 e. The lowest BCUT2D eigenvalue weighted by atomic mass is 10.1. The van der Waals surface area contributed by atoms with Gasteiger partial charge in [-0.1, -0.05) is 0 Å². The van der Waals surface area contributed by atoms with E-state index in [0.717, 1.165) is 0 Å². The molecule has 2 rings (SSSR count). The molecule has 0 atom stereocenters. The largest absolute Gasteiger partial charge is 0.508 e. The molecule has 0 radical (unpaired) electrons. The Morgan fingerprint density at radius 3 is 2.24 bits per heavy atom. The number of phenols is 1. The Balaban J connectivity index is 2.29. The van der Waals surface area contributed by atoms with Crippen molar-refractivity contribution in [1.82, 2.24) is 4.98 Å². The number of aromatic nitrogens is 1. The molecule has 0 unspecified atom stereocenters. The number of nitrogens with zero attached hydrogens (tertiary/aromatic N) is 2. The number of pyridine rings is 1. The summed E-state index contributed by atoms with van der Waals surface area (Å²) in [5.41, 5.74) is 1.11. The Morgan fingerprint density at radius 2 is 1.71 bits per heavy atom. The molecule has 2 N–H and O–H groups in total. The number of carboxylic acids is 1. The van der Waals surface area contributed by atoms with Gasteiger partial charge in [0.2, 0.25) is 0 Å². The van der Waals surface area contributed by atoms with Gasteiger partial charge in [-0.2, -0.15) is 0 Å². The molecule has 1 aromatic carbocycles. The maximum absolute atomic E-state index is 12.3. The van der Waals surface area contributed by atoms with Gasteiger partial charge in [0, 0.05) is 12.7 Å². The van der Waals surface area contributed by atoms with Crippen LogP contribution in [0.15, 0.2) is 36.4 Å². The third-order valence-electron chi connectivity index (χ3n) is 3.08. The topological polar surface area (TPSA) is 90.7 Å². The fourth-order valence-electron chi connectivity index (χ4n) is 1.87. The minimum atomic E-state index is -1.08. The summed E-state index contributed by atoms with van der Waals surface area (Å²) in [5.74, 6) is -1.33. The highest BCUT2D eigenvalue weighted by Gasteiger charge is 2.17. The number of hydrogen-bond donors (Lipinski definition) is 2. The summed E-state index contributed by atoms with van der Waals surface area (Å²) in [4.78, 5) is 28.7. The van der Waals surface area contributed by atoms with Gasteiger partial charge in [-0.3, -0.25) is 4.79 Å². The van der Waals surface area contributed by atoms with Crippen LogP contribution >= 0.6 is 0 Å². The van der Waals surface area contributed by atoms with Crippen molar-refractivity contribution in [2.24, 2.45) is 0 Å². The Morgan fingerprint density at radius 1 is 1.10 bits per heavy atom. The van der Waals surface area contributed by atoms with E-state index in [1.807, 2.05) is 0 Å². The third kappa shape index (κ3) is 3.00. The molecule has 6 heteroatoms. The molecule has 1 aromatic heterocycles. The number of carbonyl (C=O) groups is 2. The molecule has 0 aliphatic heterocycles. The molecule has 2 aromatic rings. The van der Waals surface area contributed by atoms with E-state index >= 15 is 0 Å². The van der Waals surface area contributed by atoms with Gasteiger partial charge in [0.05, 0.1) is 11.3 Å². The predicted octanol–water partition coefficient (Wildman–Crippen LogP) is 2.07. The molecule has 0 spiro atoms. The van der Waals surface area contributed by atoms with Crippen LogP contribution < -0.4 is 4.90 Å². The molecule has 1 amide bonds. The zero-order chi connectivity index (χ0) is 15.6. The van der Waals surface area contributed by atoms with Crippen LogP contribution in [0, 0.1) is 6.92 Å². The minimum Gasteiger partial charge on any atom is -0.508 e. The van der Waals surface area contributed by atoms with Crippen molar-refractivity contribution in [3.63, 3.8) is 0 Å². The van der Waals surface area contributed by atoms with Crippen LogP contribution in [0.1, 0.15) is 26.5 Å². The lowest BCUT2D eigenvalue weighted by molar-refractivity contribution is 0.0695. The molecule has 0 saturated heterocycles. The smallest absolute Gasteiger partial charge is 0.337 e. The molecule has 0 saturated carbocycles. The fourth-order valence-corrected chi connectivity index (χ4v) is 1.87. The van der Waals surface area contributed by atoms with Gasteiger partial charge in [0.25, 0.3) is 5.91 Å². The van der Waals surface area contributed by atoms with Crippen LogP contribution in [0.5, 0.6) is 5.75 Å². The van der Waals surface area contributed by atoms with Gasteiger partial charge < -0.3 is 15.1 Å². The van der Waals surface area contributed by atoms with Crippen molar-refractivity contribution in [3.05, 3.63) is 53.3 Å². The first-order chi connectivity index (χ1) is 9.90. The highest BCUT2D eigenvalue weighted by molar-refractivity contribution is 6.04. The number of aryl methyl sites for hydroxylation is 1. The van der Waals surface area contributed by atoms with Crippen LogP contribution in [-0.2, 0) is 0 Å². The lowest BCUT2D eigenvalue weighted by Gasteiger charge is -2.17. The first kappa shape index (κ1) is 14.5. The summed E-state index contributed by atoms with van der Waals surface area (Å²) in [6.07, 6.45) is 0. The molecule has 1 heterocycles. The average molecular weight is 286 g/mol. The number of anilines is 1. The molecule has 0 bridgehead atoms. The number of carbonyl (C=O) groups excluding carboxylic acids is 1. The lowest BCUT2D eigenvalue weighted by Crippen LogP contribution is -2.27. The highest BCUT2D eigenvalue weighted by Crippen LogP contribution is 2.19.